The highest BCUT2D eigenvalue weighted by Crippen LogP contribution is 2.20. The van der Waals surface area contributed by atoms with E-state index in [9.17, 15) is 17.6 Å². The highest BCUT2D eigenvalue weighted by molar-refractivity contribution is 7.89. The molecule has 1 rings (SSSR count). The summed E-state index contributed by atoms with van der Waals surface area (Å²) in [6.45, 7) is 3.47. The molecule has 0 aromatic heterocycles. The van der Waals surface area contributed by atoms with Gasteiger partial charge in [0.2, 0.25) is 15.9 Å². The highest BCUT2D eigenvalue weighted by Gasteiger charge is 2.29. The monoisotopic (exact) mass is 322 g/mol. The summed E-state index contributed by atoms with van der Waals surface area (Å²) in [4.78, 5) is 10.8. The smallest absolute Gasteiger partial charge is 0.244 e. The van der Waals surface area contributed by atoms with Crippen molar-refractivity contribution in [2.45, 2.75) is 31.2 Å². The Morgan fingerprint density at radius 1 is 1.50 bits per heavy atom. The molecule has 112 valence electrons. The first kappa shape index (κ1) is 16.9. The van der Waals surface area contributed by atoms with E-state index in [1.807, 2.05) is 0 Å². The number of hydrogen-bond donors (Lipinski definition) is 2. The van der Waals surface area contributed by atoms with Crippen LogP contribution in [0.1, 0.15) is 20.3 Å². The lowest BCUT2D eigenvalue weighted by atomic mass is 10.00. The minimum absolute atomic E-state index is 0.0785. The van der Waals surface area contributed by atoms with Crippen LogP contribution in [0.5, 0.6) is 0 Å². The maximum Gasteiger partial charge on any atom is 0.244 e. The molecule has 0 bridgehead atoms. The molecule has 0 heterocycles. The molecule has 1 amide bonds. The van der Waals surface area contributed by atoms with Crippen LogP contribution >= 0.6 is 11.6 Å². The Hall–Kier alpha value is -1.18. The molecule has 2 atom stereocenters. The van der Waals surface area contributed by atoms with E-state index in [-0.39, 0.29) is 10.9 Å². The van der Waals surface area contributed by atoms with Gasteiger partial charge in [0.25, 0.3) is 0 Å². The Morgan fingerprint density at radius 3 is 2.55 bits per heavy atom. The molecule has 20 heavy (non-hydrogen) atoms. The fraction of sp³-hybridized carbons (Fsp3) is 0.417. The number of amides is 1. The van der Waals surface area contributed by atoms with E-state index in [1.165, 1.54) is 6.07 Å². The molecule has 0 fully saturated rings. The zero-order valence-corrected chi connectivity index (χ0v) is 12.6. The van der Waals surface area contributed by atoms with Crippen molar-refractivity contribution in [1.29, 1.82) is 0 Å². The zero-order valence-electron chi connectivity index (χ0n) is 11.1. The van der Waals surface area contributed by atoms with Crippen LogP contribution in [0.2, 0.25) is 5.02 Å². The lowest BCUT2D eigenvalue weighted by molar-refractivity contribution is -0.120. The largest absolute Gasteiger partial charge is 0.368 e. The Bertz CT molecular complexity index is 607. The normalized spacial score (nSPS) is 14.8. The van der Waals surface area contributed by atoms with Crippen LogP contribution in [0.3, 0.4) is 0 Å². The van der Waals surface area contributed by atoms with Gasteiger partial charge in [-0.15, -0.1) is 0 Å². The molecule has 8 heteroatoms. The Balaban J connectivity index is 3.13. The second kappa shape index (κ2) is 6.51. The van der Waals surface area contributed by atoms with Crippen molar-refractivity contribution < 1.29 is 17.6 Å². The van der Waals surface area contributed by atoms with Crippen LogP contribution in [0.25, 0.3) is 0 Å². The molecule has 0 aliphatic heterocycles. The van der Waals surface area contributed by atoms with Gasteiger partial charge in [0.1, 0.15) is 16.8 Å². The van der Waals surface area contributed by atoms with Crippen LogP contribution in [-0.2, 0) is 14.8 Å². The van der Waals surface area contributed by atoms with Crippen molar-refractivity contribution in [3.05, 3.63) is 29.0 Å². The molecule has 0 saturated heterocycles. The fourth-order valence-corrected chi connectivity index (χ4v) is 3.15. The fourth-order valence-electron chi connectivity index (χ4n) is 1.61. The summed E-state index contributed by atoms with van der Waals surface area (Å²) in [6, 6.07) is 2.08. The summed E-state index contributed by atoms with van der Waals surface area (Å²) in [5.74, 6) is -2.10. The van der Waals surface area contributed by atoms with E-state index in [2.05, 4.69) is 4.72 Å². The SMILES string of the molecule is CCC(C)C(NS(=O)(=O)c1ccc(Cl)cc1F)C(N)=O. The van der Waals surface area contributed by atoms with E-state index >= 15 is 0 Å². The summed E-state index contributed by atoms with van der Waals surface area (Å²) >= 11 is 5.57. The van der Waals surface area contributed by atoms with Gasteiger partial charge in [-0.1, -0.05) is 31.9 Å². The molecule has 0 aliphatic carbocycles. The number of carbonyl (C=O) groups excluding carboxylic acids is 1. The second-order valence-corrected chi connectivity index (χ2v) is 6.58. The summed E-state index contributed by atoms with van der Waals surface area (Å²) in [7, 11) is -4.19. The van der Waals surface area contributed by atoms with Crippen LogP contribution in [0, 0.1) is 11.7 Å². The molecule has 2 unspecified atom stereocenters. The first-order chi connectivity index (χ1) is 9.19. The van der Waals surface area contributed by atoms with Gasteiger partial charge in [0.15, 0.2) is 0 Å². The maximum absolute atomic E-state index is 13.7. The van der Waals surface area contributed by atoms with Crippen LogP contribution in [0.4, 0.5) is 4.39 Å². The lowest BCUT2D eigenvalue weighted by Gasteiger charge is -2.21. The van der Waals surface area contributed by atoms with Crippen LogP contribution < -0.4 is 10.5 Å². The number of carbonyl (C=O) groups is 1. The van der Waals surface area contributed by atoms with Gasteiger partial charge in [-0.3, -0.25) is 4.79 Å². The minimum atomic E-state index is -4.19. The zero-order chi connectivity index (χ0) is 15.5. The third-order valence-corrected chi connectivity index (χ3v) is 4.69. The van der Waals surface area contributed by atoms with Gasteiger partial charge in [-0.05, 0) is 24.1 Å². The predicted molar refractivity (Wildman–Crippen MR) is 74.2 cm³/mol. The number of primary amides is 1. The summed E-state index contributed by atoms with van der Waals surface area (Å²) < 4.78 is 40.0. The number of sulfonamides is 1. The first-order valence-corrected chi connectivity index (χ1v) is 7.81. The Kier molecular flexibility index (Phi) is 5.50. The number of rotatable bonds is 6. The van der Waals surface area contributed by atoms with E-state index in [0.29, 0.717) is 6.42 Å². The Morgan fingerprint density at radius 2 is 2.10 bits per heavy atom. The molecule has 0 aliphatic rings. The van der Waals surface area contributed by atoms with Crippen molar-refractivity contribution in [2.75, 3.05) is 0 Å². The van der Waals surface area contributed by atoms with Crippen LogP contribution in [0.15, 0.2) is 23.1 Å². The minimum Gasteiger partial charge on any atom is -0.368 e. The summed E-state index contributed by atoms with van der Waals surface area (Å²) in [5.41, 5.74) is 5.18. The van der Waals surface area contributed by atoms with Gasteiger partial charge in [-0.2, -0.15) is 4.72 Å². The topological polar surface area (TPSA) is 89.3 Å². The quantitative estimate of drug-likeness (QED) is 0.834. The summed E-state index contributed by atoms with van der Waals surface area (Å²) in [6.07, 6.45) is 0.541. The number of halogens is 2. The van der Waals surface area contributed by atoms with Crippen LogP contribution in [-0.4, -0.2) is 20.4 Å². The maximum atomic E-state index is 13.7. The van der Waals surface area contributed by atoms with E-state index in [0.717, 1.165) is 12.1 Å². The molecule has 0 spiro atoms. The third-order valence-electron chi connectivity index (χ3n) is 2.99. The average molecular weight is 323 g/mol. The number of benzene rings is 1. The standard InChI is InChI=1S/C12H16ClFN2O3S/c1-3-7(2)11(12(15)17)16-20(18,19)10-5-4-8(13)6-9(10)14/h4-7,11,16H,3H2,1-2H3,(H2,15,17). The molecule has 0 radical (unpaired) electrons. The Labute approximate surface area is 122 Å². The second-order valence-electron chi connectivity index (χ2n) is 4.46. The average Bonchev–Trinajstić information content (AvgIpc) is 2.34. The number of nitrogens with one attached hydrogen (secondary N) is 1. The van der Waals surface area contributed by atoms with Gasteiger partial charge in [-0.25, -0.2) is 12.8 Å². The highest BCUT2D eigenvalue weighted by atomic mass is 35.5. The van der Waals surface area contributed by atoms with Crippen molar-refractivity contribution in [3.63, 3.8) is 0 Å². The van der Waals surface area contributed by atoms with Crippen molar-refractivity contribution >= 4 is 27.5 Å². The van der Waals surface area contributed by atoms with Gasteiger partial charge >= 0.3 is 0 Å². The van der Waals surface area contributed by atoms with E-state index in [1.54, 1.807) is 13.8 Å². The van der Waals surface area contributed by atoms with E-state index in [4.69, 9.17) is 17.3 Å². The van der Waals surface area contributed by atoms with Crippen molar-refractivity contribution in [3.8, 4) is 0 Å². The number of nitrogens with two attached hydrogens (primary N) is 1. The lowest BCUT2D eigenvalue weighted by Crippen LogP contribution is -2.48. The van der Waals surface area contributed by atoms with E-state index < -0.39 is 32.7 Å². The molecule has 5 nitrogen and oxygen atoms in total. The first-order valence-electron chi connectivity index (χ1n) is 5.95. The summed E-state index contributed by atoms with van der Waals surface area (Å²) in [5, 5.41) is 0.0785. The third kappa shape index (κ3) is 3.91. The molecule has 0 saturated carbocycles. The van der Waals surface area contributed by atoms with Gasteiger partial charge in [0.05, 0.1) is 0 Å². The van der Waals surface area contributed by atoms with Crippen molar-refractivity contribution in [1.82, 2.24) is 4.72 Å². The van der Waals surface area contributed by atoms with Gasteiger partial charge < -0.3 is 5.73 Å². The predicted octanol–water partition coefficient (Wildman–Crippen LogP) is 1.66. The molecular weight excluding hydrogens is 307 g/mol. The van der Waals surface area contributed by atoms with Gasteiger partial charge in [0, 0.05) is 5.02 Å². The molecule has 3 N–H and O–H groups in total. The molecule has 1 aromatic carbocycles. The molecular formula is C12H16ClFN2O3S. The van der Waals surface area contributed by atoms with Crippen molar-refractivity contribution in [2.24, 2.45) is 11.7 Å². The number of hydrogen-bond acceptors (Lipinski definition) is 3. The molecule has 1 aromatic rings.